The van der Waals surface area contributed by atoms with Gasteiger partial charge in [-0.15, -0.1) is 5.12 Å². The van der Waals surface area contributed by atoms with Gasteiger partial charge in [-0.25, -0.2) is 5.43 Å². The van der Waals surface area contributed by atoms with Gasteiger partial charge in [-0.05, 0) is 12.5 Å². The van der Waals surface area contributed by atoms with Gasteiger partial charge in [0.25, 0.3) is 0 Å². The van der Waals surface area contributed by atoms with Gasteiger partial charge in [-0.3, -0.25) is 5.21 Å². The topological polar surface area (TPSA) is 76.3 Å². The molecular formula is C12H19N3O4. The Balaban J connectivity index is 1.45. The number of hydrazine groups is 2. The van der Waals surface area contributed by atoms with E-state index in [1.807, 2.05) is 0 Å². The van der Waals surface area contributed by atoms with Gasteiger partial charge >= 0.3 is 0 Å². The Hall–Kier alpha value is -0.700. The van der Waals surface area contributed by atoms with Crippen LogP contribution in [-0.4, -0.2) is 66.2 Å². The lowest BCUT2D eigenvalue weighted by atomic mass is 10.1. The maximum Gasteiger partial charge on any atom is 0.0970 e. The molecule has 0 aromatic rings. The molecule has 0 aromatic carbocycles. The van der Waals surface area contributed by atoms with Crippen LogP contribution in [0.5, 0.6) is 0 Å². The maximum absolute atomic E-state index is 10.2. The molecule has 0 aliphatic carbocycles. The Morgan fingerprint density at radius 3 is 2.47 bits per heavy atom. The predicted molar refractivity (Wildman–Crippen MR) is 63.8 cm³/mol. The highest BCUT2D eigenvalue weighted by molar-refractivity contribution is 5.10. The predicted octanol–water partition coefficient (Wildman–Crippen LogP) is -0.358. The van der Waals surface area contributed by atoms with Crippen molar-refractivity contribution in [1.29, 1.82) is 0 Å². The summed E-state index contributed by atoms with van der Waals surface area (Å²) in [5.41, 5.74) is 4.20. The molecule has 3 saturated heterocycles. The quantitative estimate of drug-likeness (QED) is 0.638. The Morgan fingerprint density at radius 1 is 1.16 bits per heavy atom. The number of hydrogen-bond donors (Lipinski definition) is 2. The lowest BCUT2D eigenvalue weighted by molar-refractivity contribution is -0.255. The second-order valence-corrected chi connectivity index (χ2v) is 5.57. The summed E-state index contributed by atoms with van der Waals surface area (Å²) in [5, 5.41) is 13.2. The minimum absolute atomic E-state index is 0.198. The van der Waals surface area contributed by atoms with E-state index in [9.17, 15) is 5.21 Å². The lowest BCUT2D eigenvalue weighted by Crippen LogP contribution is -2.57. The molecule has 4 atom stereocenters. The van der Waals surface area contributed by atoms with E-state index in [0.29, 0.717) is 12.6 Å². The second kappa shape index (κ2) is 4.69. The highest BCUT2D eigenvalue weighted by atomic mass is 16.6. The monoisotopic (exact) mass is 269 g/mol. The molecule has 4 unspecified atom stereocenters. The van der Waals surface area contributed by atoms with Crippen molar-refractivity contribution in [3.63, 3.8) is 0 Å². The van der Waals surface area contributed by atoms with E-state index in [-0.39, 0.29) is 18.2 Å². The van der Waals surface area contributed by atoms with Crippen LogP contribution in [0.4, 0.5) is 0 Å². The van der Waals surface area contributed by atoms with E-state index in [1.54, 1.807) is 5.12 Å². The molecule has 4 heterocycles. The number of nitrogens with zero attached hydrogens (tertiary/aromatic N) is 2. The largest absolute Gasteiger partial charge is 0.373 e. The Kier molecular flexibility index (Phi) is 2.98. The van der Waals surface area contributed by atoms with Crippen molar-refractivity contribution < 1.29 is 19.4 Å². The Morgan fingerprint density at radius 2 is 1.84 bits per heavy atom. The number of epoxide rings is 3. The summed E-state index contributed by atoms with van der Waals surface area (Å²) >= 11 is 0. The van der Waals surface area contributed by atoms with E-state index in [0.717, 1.165) is 38.4 Å². The first kappa shape index (κ1) is 12.1. The third-order valence-corrected chi connectivity index (χ3v) is 3.73. The van der Waals surface area contributed by atoms with E-state index in [2.05, 4.69) is 11.5 Å². The van der Waals surface area contributed by atoms with Crippen LogP contribution < -0.4 is 5.43 Å². The van der Waals surface area contributed by atoms with Crippen LogP contribution in [0.3, 0.4) is 0 Å². The van der Waals surface area contributed by atoms with Crippen LogP contribution in [-0.2, 0) is 14.2 Å². The van der Waals surface area contributed by atoms with Crippen molar-refractivity contribution >= 4 is 0 Å². The van der Waals surface area contributed by atoms with Gasteiger partial charge in [0.05, 0.1) is 50.4 Å². The van der Waals surface area contributed by atoms with Crippen molar-refractivity contribution in [3.05, 3.63) is 11.8 Å². The number of hydroxylamine groups is 1. The van der Waals surface area contributed by atoms with Crippen LogP contribution in [0.2, 0.25) is 0 Å². The normalized spacial score (nSPS) is 41.1. The molecule has 4 aliphatic rings. The SMILES string of the molecule is ON1C(CC2CO2)=CC(CC2CO2)NN1CC1CO1. The molecule has 0 radical (unpaired) electrons. The molecule has 4 aliphatic heterocycles. The van der Waals surface area contributed by atoms with Crippen molar-refractivity contribution in [2.45, 2.75) is 37.2 Å². The number of rotatable bonds is 6. The molecular weight excluding hydrogens is 250 g/mol. The van der Waals surface area contributed by atoms with E-state index in [1.165, 1.54) is 5.17 Å². The summed E-state index contributed by atoms with van der Waals surface area (Å²) < 4.78 is 15.8. The average Bonchev–Trinajstić information content (AvgIpc) is 3.22. The Bertz CT molecular complexity index is 379. The van der Waals surface area contributed by atoms with Crippen LogP contribution in [0.15, 0.2) is 11.8 Å². The van der Waals surface area contributed by atoms with Gasteiger partial charge in [0.15, 0.2) is 0 Å². The molecule has 19 heavy (non-hydrogen) atoms. The average molecular weight is 269 g/mol. The summed E-state index contributed by atoms with van der Waals surface area (Å²) in [4.78, 5) is 0. The molecule has 0 bridgehead atoms. The van der Waals surface area contributed by atoms with E-state index < -0.39 is 0 Å². The van der Waals surface area contributed by atoms with Gasteiger partial charge in [0.2, 0.25) is 0 Å². The molecule has 106 valence electrons. The van der Waals surface area contributed by atoms with Gasteiger partial charge in [-0.1, -0.05) is 0 Å². The molecule has 0 saturated carbocycles. The summed E-state index contributed by atoms with van der Waals surface area (Å²) in [6, 6.07) is 0.198. The molecule has 0 amide bonds. The number of hydrogen-bond acceptors (Lipinski definition) is 7. The fourth-order valence-corrected chi connectivity index (χ4v) is 2.41. The first-order valence-electron chi connectivity index (χ1n) is 6.86. The molecule has 2 N–H and O–H groups in total. The van der Waals surface area contributed by atoms with Crippen molar-refractivity contribution in [1.82, 2.24) is 15.7 Å². The van der Waals surface area contributed by atoms with Crippen molar-refractivity contribution in [2.24, 2.45) is 0 Å². The zero-order valence-electron chi connectivity index (χ0n) is 10.7. The van der Waals surface area contributed by atoms with Crippen molar-refractivity contribution in [3.8, 4) is 0 Å². The number of nitrogens with one attached hydrogen (secondary N) is 1. The zero-order valence-corrected chi connectivity index (χ0v) is 10.7. The molecule has 0 aromatic heterocycles. The minimum Gasteiger partial charge on any atom is -0.373 e. The molecule has 7 heteroatoms. The summed E-state index contributed by atoms with van der Waals surface area (Å²) in [6.07, 6.45) is 4.60. The smallest absolute Gasteiger partial charge is 0.0970 e. The summed E-state index contributed by atoms with van der Waals surface area (Å²) in [7, 11) is 0. The molecule has 4 rings (SSSR count). The fourth-order valence-electron chi connectivity index (χ4n) is 2.41. The summed E-state index contributed by atoms with van der Waals surface area (Å²) in [6.45, 7) is 3.07. The van der Waals surface area contributed by atoms with Gasteiger partial charge in [0.1, 0.15) is 0 Å². The minimum atomic E-state index is 0.198. The van der Waals surface area contributed by atoms with Crippen molar-refractivity contribution in [2.75, 3.05) is 26.4 Å². The van der Waals surface area contributed by atoms with Crippen LogP contribution in [0.1, 0.15) is 12.8 Å². The fraction of sp³-hybridized carbons (Fsp3) is 0.833. The van der Waals surface area contributed by atoms with Crippen LogP contribution in [0, 0.1) is 0 Å². The Labute approximate surface area is 111 Å². The standard InChI is InChI=1S/C12H19N3O4/c16-15-9(3-11-6-18-11)1-8(2-10-5-17-10)13-14(15)4-12-7-19-12/h1,8,10-13,16H,2-7H2. The molecule has 7 nitrogen and oxygen atoms in total. The lowest BCUT2D eigenvalue weighted by Gasteiger charge is -2.39. The van der Waals surface area contributed by atoms with E-state index >= 15 is 0 Å². The van der Waals surface area contributed by atoms with Gasteiger partial charge in [0, 0.05) is 12.5 Å². The van der Waals surface area contributed by atoms with Crippen LogP contribution >= 0.6 is 0 Å². The molecule has 0 spiro atoms. The second-order valence-electron chi connectivity index (χ2n) is 5.57. The van der Waals surface area contributed by atoms with Crippen LogP contribution in [0.25, 0.3) is 0 Å². The summed E-state index contributed by atoms with van der Waals surface area (Å²) in [5.74, 6) is 0. The van der Waals surface area contributed by atoms with Gasteiger partial charge < -0.3 is 14.2 Å². The third-order valence-electron chi connectivity index (χ3n) is 3.73. The first-order chi connectivity index (χ1) is 9.28. The third kappa shape index (κ3) is 3.07. The highest BCUT2D eigenvalue weighted by Crippen LogP contribution is 2.27. The highest BCUT2D eigenvalue weighted by Gasteiger charge is 2.37. The molecule has 3 fully saturated rings. The van der Waals surface area contributed by atoms with Gasteiger partial charge in [-0.2, -0.15) is 5.17 Å². The first-order valence-corrected chi connectivity index (χ1v) is 6.86. The number of ether oxygens (including phenoxy) is 3. The maximum atomic E-state index is 10.2. The zero-order chi connectivity index (χ0) is 12.8. The van der Waals surface area contributed by atoms with E-state index in [4.69, 9.17) is 14.2 Å².